The molecule has 0 spiro atoms. The zero-order chi connectivity index (χ0) is 13.4. The van der Waals surface area contributed by atoms with Crippen LogP contribution in [0.15, 0.2) is 48.7 Å². The van der Waals surface area contributed by atoms with Gasteiger partial charge in [-0.1, -0.05) is 12.1 Å². The molecular formula is C15H9F2NO. The second-order valence-corrected chi connectivity index (χ2v) is 4.19. The standard InChI is InChI=1S/C15H9F2NO/c16-13-5-4-10(7-14(13)17)12-8-11-3-1-2-6-18(11)15(12)9-19/h1-9H. The molecule has 0 bridgehead atoms. The summed E-state index contributed by atoms with van der Waals surface area (Å²) in [7, 11) is 0. The molecule has 0 aliphatic rings. The summed E-state index contributed by atoms with van der Waals surface area (Å²) in [6.07, 6.45) is 2.46. The molecule has 0 radical (unpaired) electrons. The lowest BCUT2D eigenvalue weighted by molar-refractivity contribution is 0.111. The van der Waals surface area contributed by atoms with Crippen molar-refractivity contribution >= 4 is 11.8 Å². The number of halogens is 2. The van der Waals surface area contributed by atoms with E-state index in [9.17, 15) is 13.6 Å². The Morgan fingerprint density at radius 2 is 1.84 bits per heavy atom. The maximum Gasteiger partial charge on any atom is 0.167 e. The Hall–Kier alpha value is -2.49. The summed E-state index contributed by atoms with van der Waals surface area (Å²) < 4.78 is 27.9. The van der Waals surface area contributed by atoms with E-state index in [0.29, 0.717) is 23.1 Å². The third-order valence-electron chi connectivity index (χ3n) is 3.06. The number of nitrogens with zero attached hydrogens (tertiary/aromatic N) is 1. The smallest absolute Gasteiger partial charge is 0.167 e. The van der Waals surface area contributed by atoms with Crippen LogP contribution in [0.1, 0.15) is 10.5 Å². The number of pyridine rings is 1. The number of fused-ring (bicyclic) bond motifs is 1. The fourth-order valence-corrected chi connectivity index (χ4v) is 2.16. The first kappa shape index (κ1) is 11.6. The molecule has 0 saturated carbocycles. The monoisotopic (exact) mass is 257 g/mol. The molecule has 0 N–H and O–H groups in total. The molecule has 0 fully saturated rings. The normalized spacial score (nSPS) is 10.8. The van der Waals surface area contributed by atoms with Crippen LogP contribution in [-0.4, -0.2) is 10.7 Å². The van der Waals surface area contributed by atoms with Crippen molar-refractivity contribution in [2.75, 3.05) is 0 Å². The van der Waals surface area contributed by atoms with Crippen molar-refractivity contribution in [3.63, 3.8) is 0 Å². The van der Waals surface area contributed by atoms with E-state index < -0.39 is 11.6 Å². The average Bonchev–Trinajstić information content (AvgIpc) is 2.80. The minimum absolute atomic E-state index is 0.418. The molecule has 0 aliphatic carbocycles. The van der Waals surface area contributed by atoms with Crippen LogP contribution in [-0.2, 0) is 0 Å². The van der Waals surface area contributed by atoms with Crippen LogP contribution >= 0.6 is 0 Å². The molecule has 0 atom stereocenters. The van der Waals surface area contributed by atoms with E-state index in [1.165, 1.54) is 6.07 Å². The van der Waals surface area contributed by atoms with Crippen molar-refractivity contribution in [3.8, 4) is 11.1 Å². The van der Waals surface area contributed by atoms with Gasteiger partial charge in [-0.2, -0.15) is 0 Å². The maximum absolute atomic E-state index is 13.3. The second kappa shape index (κ2) is 4.31. The van der Waals surface area contributed by atoms with Crippen molar-refractivity contribution in [1.82, 2.24) is 4.40 Å². The van der Waals surface area contributed by atoms with E-state index in [1.54, 1.807) is 22.7 Å². The van der Waals surface area contributed by atoms with Crippen LogP contribution in [0.25, 0.3) is 16.6 Å². The molecule has 3 aromatic rings. The second-order valence-electron chi connectivity index (χ2n) is 4.19. The Morgan fingerprint density at radius 1 is 1.00 bits per heavy atom. The molecule has 3 rings (SSSR count). The Labute approximate surface area is 107 Å². The van der Waals surface area contributed by atoms with Crippen molar-refractivity contribution in [2.45, 2.75) is 0 Å². The average molecular weight is 257 g/mol. The summed E-state index contributed by atoms with van der Waals surface area (Å²) in [4.78, 5) is 11.2. The predicted molar refractivity (Wildman–Crippen MR) is 68.1 cm³/mol. The van der Waals surface area contributed by atoms with Gasteiger partial charge < -0.3 is 4.40 Å². The molecule has 1 aromatic carbocycles. The third-order valence-corrected chi connectivity index (χ3v) is 3.06. The van der Waals surface area contributed by atoms with E-state index in [1.807, 2.05) is 12.1 Å². The molecule has 2 nitrogen and oxygen atoms in total. The number of aldehydes is 1. The van der Waals surface area contributed by atoms with Crippen LogP contribution in [0, 0.1) is 11.6 Å². The number of hydrogen-bond donors (Lipinski definition) is 0. The molecule has 94 valence electrons. The highest BCUT2D eigenvalue weighted by Crippen LogP contribution is 2.27. The molecule has 2 aromatic heterocycles. The van der Waals surface area contributed by atoms with Gasteiger partial charge in [-0.15, -0.1) is 0 Å². The highest BCUT2D eigenvalue weighted by atomic mass is 19.2. The summed E-state index contributed by atoms with van der Waals surface area (Å²) in [5.41, 5.74) is 2.30. The van der Waals surface area contributed by atoms with Crippen LogP contribution in [0.3, 0.4) is 0 Å². The van der Waals surface area contributed by atoms with Gasteiger partial charge >= 0.3 is 0 Å². The minimum atomic E-state index is -0.926. The summed E-state index contributed by atoms with van der Waals surface area (Å²) in [6, 6.07) is 10.9. The number of aromatic nitrogens is 1. The van der Waals surface area contributed by atoms with Gasteiger partial charge in [0.2, 0.25) is 0 Å². The number of rotatable bonds is 2. The summed E-state index contributed by atoms with van der Waals surface area (Å²) >= 11 is 0. The van der Waals surface area contributed by atoms with Crippen molar-refractivity contribution in [1.29, 1.82) is 0 Å². The van der Waals surface area contributed by atoms with Crippen molar-refractivity contribution in [3.05, 3.63) is 66.0 Å². The van der Waals surface area contributed by atoms with Crippen LogP contribution in [0.5, 0.6) is 0 Å². The van der Waals surface area contributed by atoms with Crippen LogP contribution < -0.4 is 0 Å². The fourth-order valence-electron chi connectivity index (χ4n) is 2.16. The summed E-state index contributed by atoms with van der Waals surface area (Å²) in [5.74, 6) is -1.83. The highest BCUT2D eigenvalue weighted by Gasteiger charge is 2.12. The molecule has 19 heavy (non-hydrogen) atoms. The first-order chi connectivity index (χ1) is 9.20. The molecule has 4 heteroatoms. The lowest BCUT2D eigenvalue weighted by Crippen LogP contribution is -1.92. The molecule has 0 unspecified atom stereocenters. The molecule has 2 heterocycles. The lowest BCUT2D eigenvalue weighted by Gasteiger charge is -2.01. The summed E-state index contributed by atoms with van der Waals surface area (Å²) in [5, 5.41) is 0. The largest absolute Gasteiger partial charge is 0.314 e. The number of carbonyl (C=O) groups is 1. The maximum atomic E-state index is 13.3. The van der Waals surface area contributed by atoms with Gasteiger partial charge in [-0.25, -0.2) is 8.78 Å². The topological polar surface area (TPSA) is 21.5 Å². The highest BCUT2D eigenvalue weighted by molar-refractivity contribution is 5.89. The quantitative estimate of drug-likeness (QED) is 0.641. The zero-order valence-electron chi connectivity index (χ0n) is 9.81. The molecular weight excluding hydrogens is 248 g/mol. The number of carbonyl (C=O) groups excluding carboxylic acids is 1. The van der Waals surface area contributed by atoms with E-state index in [4.69, 9.17) is 0 Å². The van der Waals surface area contributed by atoms with Crippen LogP contribution in [0.2, 0.25) is 0 Å². The Balaban J connectivity index is 2.29. The van der Waals surface area contributed by atoms with Crippen LogP contribution in [0.4, 0.5) is 8.78 Å². The SMILES string of the molecule is O=Cc1c(-c2ccc(F)c(F)c2)cc2ccccn12. The van der Waals surface area contributed by atoms with Gasteiger partial charge in [0.15, 0.2) is 17.9 Å². The lowest BCUT2D eigenvalue weighted by atomic mass is 10.1. The van der Waals surface area contributed by atoms with Crippen molar-refractivity contribution < 1.29 is 13.6 Å². The minimum Gasteiger partial charge on any atom is -0.314 e. The van der Waals surface area contributed by atoms with E-state index in [0.717, 1.165) is 17.6 Å². The Bertz CT molecular complexity index is 777. The third kappa shape index (κ3) is 1.81. The van der Waals surface area contributed by atoms with Gasteiger partial charge in [0, 0.05) is 17.3 Å². The predicted octanol–water partition coefficient (Wildman–Crippen LogP) is 3.70. The van der Waals surface area contributed by atoms with Gasteiger partial charge in [0.05, 0.1) is 5.69 Å². The first-order valence-electron chi connectivity index (χ1n) is 5.71. The summed E-state index contributed by atoms with van der Waals surface area (Å²) in [6.45, 7) is 0. The zero-order valence-corrected chi connectivity index (χ0v) is 9.81. The number of benzene rings is 1. The van der Waals surface area contributed by atoms with Gasteiger partial charge in [0.25, 0.3) is 0 Å². The fraction of sp³-hybridized carbons (Fsp3) is 0. The van der Waals surface area contributed by atoms with Crippen molar-refractivity contribution in [2.24, 2.45) is 0 Å². The van der Waals surface area contributed by atoms with E-state index >= 15 is 0 Å². The molecule has 0 aliphatic heterocycles. The van der Waals surface area contributed by atoms with E-state index in [-0.39, 0.29) is 0 Å². The molecule has 0 amide bonds. The van der Waals surface area contributed by atoms with Gasteiger partial charge in [-0.05, 0) is 35.9 Å². The first-order valence-corrected chi connectivity index (χ1v) is 5.71. The van der Waals surface area contributed by atoms with Gasteiger partial charge in [-0.3, -0.25) is 4.79 Å². The number of hydrogen-bond acceptors (Lipinski definition) is 1. The Morgan fingerprint density at radius 3 is 2.58 bits per heavy atom. The van der Waals surface area contributed by atoms with E-state index in [2.05, 4.69) is 0 Å². The van der Waals surface area contributed by atoms with Gasteiger partial charge in [0.1, 0.15) is 0 Å². The molecule has 0 saturated heterocycles. The Kier molecular flexibility index (Phi) is 2.63.